The number of aromatic nitrogens is 2. The summed E-state index contributed by atoms with van der Waals surface area (Å²) in [6, 6.07) is 9.72. The minimum Gasteiger partial charge on any atom is -0.368 e. The lowest BCUT2D eigenvalue weighted by atomic mass is 10.1. The first-order valence-corrected chi connectivity index (χ1v) is 8.25. The number of benzene rings is 1. The van der Waals surface area contributed by atoms with Crippen LogP contribution in [0.25, 0.3) is 17.1 Å². The molecule has 1 aromatic heterocycles. The zero-order valence-electron chi connectivity index (χ0n) is 14.2. The molecule has 126 valence electrons. The molecule has 0 bridgehead atoms. The molecule has 2 heterocycles. The molecule has 3 rings (SSSR count). The molecule has 0 saturated heterocycles. The van der Waals surface area contributed by atoms with E-state index in [0.717, 1.165) is 52.3 Å². The van der Waals surface area contributed by atoms with E-state index in [-0.39, 0.29) is 0 Å². The molecule has 0 fully saturated rings. The van der Waals surface area contributed by atoms with E-state index in [1.807, 2.05) is 41.9 Å². The van der Waals surface area contributed by atoms with Crippen LogP contribution in [0.5, 0.6) is 0 Å². The van der Waals surface area contributed by atoms with E-state index >= 15 is 0 Å². The fourth-order valence-electron chi connectivity index (χ4n) is 2.56. The first kappa shape index (κ1) is 16.6. The molecule has 0 spiro atoms. The highest BCUT2D eigenvalue weighted by Gasteiger charge is 2.21. The van der Waals surface area contributed by atoms with E-state index in [1.165, 1.54) is 0 Å². The van der Waals surface area contributed by atoms with Crippen molar-refractivity contribution in [1.82, 2.24) is 20.0 Å². The molecule has 0 radical (unpaired) electrons. The molecule has 2 aromatic rings. The summed E-state index contributed by atoms with van der Waals surface area (Å²) in [5, 5.41) is 12.3. The number of likely N-dealkylation sites (N-methyl/N-ethyl adjacent to an activating group) is 1. The van der Waals surface area contributed by atoms with E-state index in [2.05, 4.69) is 36.2 Å². The van der Waals surface area contributed by atoms with E-state index < -0.39 is 0 Å². The third-order valence-electron chi connectivity index (χ3n) is 4.00. The van der Waals surface area contributed by atoms with Crippen LogP contribution < -0.4 is 10.6 Å². The fraction of sp³-hybridized carbons (Fsp3) is 0.278. The highest BCUT2D eigenvalue weighted by atomic mass is 35.5. The van der Waals surface area contributed by atoms with Crippen molar-refractivity contribution in [2.75, 3.05) is 32.5 Å². The van der Waals surface area contributed by atoms with Crippen LogP contribution in [-0.2, 0) is 0 Å². The van der Waals surface area contributed by atoms with Crippen LogP contribution in [0.3, 0.4) is 0 Å². The highest BCUT2D eigenvalue weighted by molar-refractivity contribution is 6.30. The maximum absolute atomic E-state index is 5.97. The number of hydrogen-bond donors (Lipinski definition) is 2. The second-order valence-electron chi connectivity index (χ2n) is 6.14. The average Bonchev–Trinajstić information content (AvgIpc) is 2.95. The minimum atomic E-state index is 0.719. The Morgan fingerprint density at radius 2 is 2.00 bits per heavy atom. The molecule has 5 nitrogen and oxygen atoms in total. The zero-order chi connectivity index (χ0) is 17.3. The lowest BCUT2D eigenvalue weighted by molar-refractivity contribution is 0.409. The normalized spacial score (nSPS) is 14.0. The van der Waals surface area contributed by atoms with Crippen LogP contribution in [0.2, 0.25) is 5.02 Å². The summed E-state index contributed by atoms with van der Waals surface area (Å²) in [7, 11) is 4.12. The molecular weight excluding hydrogens is 322 g/mol. The maximum atomic E-state index is 5.97. The van der Waals surface area contributed by atoms with Crippen molar-refractivity contribution < 1.29 is 0 Å². The molecule has 0 amide bonds. The number of anilines is 1. The lowest BCUT2D eigenvalue weighted by Crippen LogP contribution is -2.31. The second-order valence-corrected chi connectivity index (χ2v) is 6.58. The maximum Gasteiger partial charge on any atom is 0.136 e. The molecule has 2 N–H and O–H groups in total. The largest absolute Gasteiger partial charge is 0.368 e. The van der Waals surface area contributed by atoms with Crippen LogP contribution in [0, 0.1) is 0 Å². The van der Waals surface area contributed by atoms with Gasteiger partial charge in [-0.3, -0.25) is 0 Å². The van der Waals surface area contributed by atoms with Gasteiger partial charge in [-0.1, -0.05) is 30.3 Å². The van der Waals surface area contributed by atoms with E-state index in [1.54, 1.807) is 0 Å². The Morgan fingerprint density at radius 3 is 2.67 bits per heavy atom. The third kappa shape index (κ3) is 3.32. The predicted octanol–water partition coefficient (Wildman–Crippen LogP) is 3.48. The Labute approximate surface area is 147 Å². The lowest BCUT2D eigenvalue weighted by Gasteiger charge is -2.24. The molecule has 0 aliphatic carbocycles. The first-order chi connectivity index (χ1) is 11.5. The molecule has 6 heteroatoms. The van der Waals surface area contributed by atoms with Crippen molar-refractivity contribution >= 4 is 23.2 Å². The van der Waals surface area contributed by atoms with Crippen LogP contribution in [0.1, 0.15) is 6.92 Å². The molecular formula is C18H22ClN5. The van der Waals surface area contributed by atoms with Gasteiger partial charge in [-0.2, -0.15) is 5.10 Å². The van der Waals surface area contributed by atoms with E-state index in [9.17, 15) is 0 Å². The number of hydrogen-bond acceptors (Lipinski definition) is 4. The summed E-state index contributed by atoms with van der Waals surface area (Å²) in [4.78, 5) is 2.14. The Kier molecular flexibility index (Phi) is 4.64. The van der Waals surface area contributed by atoms with Crippen LogP contribution in [0.4, 0.5) is 5.82 Å². The summed E-state index contributed by atoms with van der Waals surface area (Å²) in [5.41, 5.74) is 3.87. The molecule has 0 atom stereocenters. The van der Waals surface area contributed by atoms with Gasteiger partial charge in [0, 0.05) is 41.0 Å². The number of halogens is 1. The van der Waals surface area contributed by atoms with Gasteiger partial charge in [0.25, 0.3) is 0 Å². The highest BCUT2D eigenvalue weighted by Crippen LogP contribution is 2.31. The fourth-order valence-corrected chi connectivity index (χ4v) is 2.68. The van der Waals surface area contributed by atoms with Gasteiger partial charge in [0.1, 0.15) is 11.6 Å². The van der Waals surface area contributed by atoms with Gasteiger partial charge >= 0.3 is 0 Å². The standard InChI is InChI=1S/C18H22ClN5/c1-12-13(2)21-17-11-16(14-5-7-15(19)8-6-14)22-24(17)18(12)20-9-10-23(3)4/h5-8,11,20-21H,2,9-10H2,1,3-4H3. The average molecular weight is 344 g/mol. The summed E-state index contributed by atoms with van der Waals surface area (Å²) < 4.78 is 1.91. The summed E-state index contributed by atoms with van der Waals surface area (Å²) in [6.45, 7) is 7.92. The van der Waals surface area contributed by atoms with Crippen LogP contribution in [-0.4, -0.2) is 41.9 Å². The van der Waals surface area contributed by atoms with Crippen molar-refractivity contribution in [2.24, 2.45) is 0 Å². The summed E-state index contributed by atoms with van der Waals surface area (Å²) in [6.07, 6.45) is 0. The minimum absolute atomic E-state index is 0.719. The SMILES string of the molecule is C=C1Nc2cc(-c3ccc(Cl)cc3)nn2C(NCCN(C)C)=C1C. The van der Waals surface area contributed by atoms with Crippen molar-refractivity contribution in [3.05, 3.63) is 53.2 Å². The molecule has 0 saturated carbocycles. The van der Waals surface area contributed by atoms with Crippen molar-refractivity contribution in [3.63, 3.8) is 0 Å². The summed E-state index contributed by atoms with van der Waals surface area (Å²) in [5.74, 6) is 1.87. The second kappa shape index (κ2) is 6.71. The zero-order valence-corrected chi connectivity index (χ0v) is 15.0. The number of nitrogens with zero attached hydrogens (tertiary/aromatic N) is 3. The predicted molar refractivity (Wildman–Crippen MR) is 101 cm³/mol. The topological polar surface area (TPSA) is 45.1 Å². The van der Waals surface area contributed by atoms with Crippen LogP contribution >= 0.6 is 11.6 Å². The molecule has 24 heavy (non-hydrogen) atoms. The van der Waals surface area contributed by atoms with Crippen molar-refractivity contribution in [2.45, 2.75) is 6.92 Å². The molecule has 1 aliphatic rings. The molecule has 0 unspecified atom stereocenters. The van der Waals surface area contributed by atoms with Gasteiger partial charge in [0.2, 0.25) is 0 Å². The molecule has 1 aromatic carbocycles. The van der Waals surface area contributed by atoms with Gasteiger partial charge in [-0.15, -0.1) is 0 Å². The number of fused-ring (bicyclic) bond motifs is 1. The molecule has 1 aliphatic heterocycles. The number of rotatable bonds is 5. The van der Waals surface area contributed by atoms with Crippen molar-refractivity contribution in [3.8, 4) is 11.3 Å². The number of nitrogens with one attached hydrogen (secondary N) is 2. The Bertz CT molecular complexity index is 786. The smallest absolute Gasteiger partial charge is 0.136 e. The Morgan fingerprint density at radius 1 is 1.29 bits per heavy atom. The van der Waals surface area contributed by atoms with E-state index in [4.69, 9.17) is 16.7 Å². The Hall–Kier alpha value is -2.24. The number of allylic oxidation sites excluding steroid dienone is 1. The van der Waals surface area contributed by atoms with Gasteiger partial charge < -0.3 is 15.5 Å². The van der Waals surface area contributed by atoms with Gasteiger partial charge in [-0.05, 0) is 33.2 Å². The van der Waals surface area contributed by atoms with Crippen LogP contribution in [0.15, 0.2) is 48.2 Å². The monoisotopic (exact) mass is 343 g/mol. The van der Waals surface area contributed by atoms with Gasteiger partial charge in [0.05, 0.1) is 5.69 Å². The quantitative estimate of drug-likeness (QED) is 0.872. The first-order valence-electron chi connectivity index (χ1n) is 7.88. The Balaban J connectivity index is 1.93. The third-order valence-corrected chi connectivity index (χ3v) is 4.25. The summed E-state index contributed by atoms with van der Waals surface area (Å²) >= 11 is 5.97. The van der Waals surface area contributed by atoms with E-state index in [0.29, 0.717) is 0 Å². The van der Waals surface area contributed by atoms with Gasteiger partial charge in [0.15, 0.2) is 0 Å². The van der Waals surface area contributed by atoms with Gasteiger partial charge in [-0.25, -0.2) is 4.68 Å². The van der Waals surface area contributed by atoms with Crippen molar-refractivity contribution in [1.29, 1.82) is 0 Å².